The van der Waals surface area contributed by atoms with Gasteiger partial charge in [0.1, 0.15) is 11.6 Å². The van der Waals surface area contributed by atoms with Crippen LogP contribution in [0.3, 0.4) is 0 Å². The number of aromatic carboxylic acids is 1. The number of carboxylic acids is 1. The fourth-order valence-electron chi connectivity index (χ4n) is 1.95. The van der Waals surface area contributed by atoms with Gasteiger partial charge in [-0.1, -0.05) is 30.3 Å². The molecule has 2 aromatic carbocycles. The third kappa shape index (κ3) is 2.79. The second kappa shape index (κ2) is 5.74. The van der Waals surface area contributed by atoms with Crippen LogP contribution < -0.4 is 4.74 Å². The smallest absolute Gasteiger partial charge is 0.338 e. The van der Waals surface area contributed by atoms with Gasteiger partial charge < -0.3 is 9.84 Å². The number of para-hydroxylation sites is 1. The molecule has 0 heterocycles. The summed E-state index contributed by atoms with van der Waals surface area (Å²) in [5, 5.41) is 8.98. The highest BCUT2D eigenvalue weighted by Crippen LogP contribution is 2.33. The Balaban J connectivity index is 2.57. The maximum Gasteiger partial charge on any atom is 0.338 e. The van der Waals surface area contributed by atoms with Gasteiger partial charge in [0.05, 0.1) is 11.7 Å². The molecule has 0 aliphatic rings. The highest BCUT2D eigenvalue weighted by molar-refractivity contribution is 5.90. The molecule has 2 rings (SSSR count). The van der Waals surface area contributed by atoms with Crippen LogP contribution in [0.25, 0.3) is 11.1 Å². The molecule has 0 saturated heterocycles. The van der Waals surface area contributed by atoms with Crippen molar-refractivity contribution in [2.24, 2.45) is 0 Å². The molecule has 3 nitrogen and oxygen atoms in total. The van der Waals surface area contributed by atoms with Crippen LogP contribution in [0.5, 0.6) is 5.75 Å². The normalized spacial score (nSPS) is 10.6. The van der Waals surface area contributed by atoms with E-state index in [1.165, 1.54) is 12.1 Å². The summed E-state index contributed by atoms with van der Waals surface area (Å²) in [6, 6.07) is 11.3. The average Bonchev–Trinajstić information content (AvgIpc) is 2.39. The van der Waals surface area contributed by atoms with Crippen LogP contribution in [0.15, 0.2) is 42.5 Å². The molecule has 0 unspecified atom stereocenters. The molecule has 4 heteroatoms. The SMILES string of the molecule is CC(C)Oc1ccccc1-c1cccc(C(=O)O)c1F. The number of benzene rings is 2. The molecule has 0 fully saturated rings. The highest BCUT2D eigenvalue weighted by atomic mass is 19.1. The van der Waals surface area contributed by atoms with Crippen LogP contribution >= 0.6 is 0 Å². The Morgan fingerprint density at radius 3 is 2.40 bits per heavy atom. The monoisotopic (exact) mass is 274 g/mol. The Hall–Kier alpha value is -2.36. The average molecular weight is 274 g/mol. The minimum atomic E-state index is -1.29. The van der Waals surface area contributed by atoms with E-state index in [0.717, 1.165) is 0 Å². The number of hydrogen-bond donors (Lipinski definition) is 1. The molecular formula is C16H15FO3. The van der Waals surface area contributed by atoms with Gasteiger partial charge in [0, 0.05) is 11.1 Å². The van der Waals surface area contributed by atoms with Gasteiger partial charge in [0.15, 0.2) is 0 Å². The first kappa shape index (κ1) is 14.1. The van der Waals surface area contributed by atoms with Crippen LogP contribution in [0.2, 0.25) is 0 Å². The van der Waals surface area contributed by atoms with Gasteiger partial charge >= 0.3 is 5.97 Å². The second-order valence-corrected chi connectivity index (χ2v) is 4.64. The molecule has 0 atom stereocenters. The fourth-order valence-corrected chi connectivity index (χ4v) is 1.95. The fraction of sp³-hybridized carbons (Fsp3) is 0.188. The van der Waals surface area contributed by atoms with Crippen LogP contribution in [0, 0.1) is 5.82 Å². The predicted octanol–water partition coefficient (Wildman–Crippen LogP) is 3.98. The number of rotatable bonds is 4. The van der Waals surface area contributed by atoms with Crippen molar-refractivity contribution in [3.05, 3.63) is 53.8 Å². The summed E-state index contributed by atoms with van der Waals surface area (Å²) in [5.74, 6) is -1.50. The van der Waals surface area contributed by atoms with E-state index in [0.29, 0.717) is 11.3 Å². The lowest BCUT2D eigenvalue weighted by atomic mass is 10.0. The Kier molecular flexibility index (Phi) is 4.03. The van der Waals surface area contributed by atoms with Crippen LogP contribution in [0.4, 0.5) is 4.39 Å². The van der Waals surface area contributed by atoms with Crippen LogP contribution in [-0.2, 0) is 0 Å². The maximum absolute atomic E-state index is 14.3. The quantitative estimate of drug-likeness (QED) is 0.917. The van der Waals surface area contributed by atoms with Crippen LogP contribution in [0.1, 0.15) is 24.2 Å². The molecule has 2 aromatic rings. The summed E-state index contributed by atoms with van der Waals surface area (Å²) in [7, 11) is 0. The van der Waals surface area contributed by atoms with Gasteiger partial charge in [-0.2, -0.15) is 0 Å². The highest BCUT2D eigenvalue weighted by Gasteiger charge is 2.17. The number of halogens is 1. The summed E-state index contributed by atoms with van der Waals surface area (Å²) < 4.78 is 19.9. The minimum absolute atomic E-state index is 0.0538. The Bertz CT molecular complexity index is 635. The molecule has 20 heavy (non-hydrogen) atoms. The third-order valence-corrected chi connectivity index (χ3v) is 2.77. The van der Waals surface area contributed by atoms with E-state index >= 15 is 0 Å². The zero-order valence-electron chi connectivity index (χ0n) is 11.3. The molecule has 0 radical (unpaired) electrons. The summed E-state index contributed by atoms with van der Waals surface area (Å²) >= 11 is 0. The zero-order valence-corrected chi connectivity index (χ0v) is 11.3. The van der Waals surface area contributed by atoms with Gasteiger partial charge in [0.2, 0.25) is 0 Å². The van der Waals surface area contributed by atoms with Gasteiger partial charge in [0.25, 0.3) is 0 Å². The lowest BCUT2D eigenvalue weighted by molar-refractivity contribution is 0.0692. The van der Waals surface area contributed by atoms with Gasteiger partial charge in [-0.05, 0) is 26.0 Å². The van der Waals surface area contributed by atoms with Crippen molar-refractivity contribution in [2.75, 3.05) is 0 Å². The summed E-state index contributed by atoms with van der Waals surface area (Å²) in [4.78, 5) is 11.0. The van der Waals surface area contributed by atoms with Gasteiger partial charge in [-0.15, -0.1) is 0 Å². The van der Waals surface area contributed by atoms with Gasteiger partial charge in [-0.3, -0.25) is 0 Å². The zero-order chi connectivity index (χ0) is 14.7. The topological polar surface area (TPSA) is 46.5 Å². The van der Waals surface area contributed by atoms with Crippen molar-refractivity contribution in [3.8, 4) is 16.9 Å². The second-order valence-electron chi connectivity index (χ2n) is 4.64. The number of carboxylic acid groups (broad SMARTS) is 1. The Morgan fingerprint density at radius 2 is 1.75 bits per heavy atom. The van der Waals surface area contributed by atoms with E-state index in [-0.39, 0.29) is 17.2 Å². The van der Waals surface area contributed by atoms with E-state index in [1.807, 2.05) is 13.8 Å². The molecule has 104 valence electrons. The molecule has 0 saturated carbocycles. The molecule has 0 aliphatic heterocycles. The lowest BCUT2D eigenvalue weighted by Crippen LogP contribution is -2.07. The van der Waals surface area contributed by atoms with Crippen molar-refractivity contribution in [1.82, 2.24) is 0 Å². The van der Waals surface area contributed by atoms with Crippen molar-refractivity contribution in [2.45, 2.75) is 20.0 Å². The minimum Gasteiger partial charge on any atom is -0.490 e. The van der Waals surface area contributed by atoms with E-state index < -0.39 is 11.8 Å². The largest absolute Gasteiger partial charge is 0.490 e. The maximum atomic E-state index is 14.3. The van der Waals surface area contributed by atoms with Gasteiger partial charge in [-0.25, -0.2) is 9.18 Å². The molecule has 0 aromatic heterocycles. The van der Waals surface area contributed by atoms with Crippen molar-refractivity contribution in [3.63, 3.8) is 0 Å². The molecule has 0 aliphatic carbocycles. The van der Waals surface area contributed by atoms with E-state index in [9.17, 15) is 9.18 Å². The van der Waals surface area contributed by atoms with Crippen molar-refractivity contribution >= 4 is 5.97 Å². The number of hydrogen-bond acceptors (Lipinski definition) is 2. The van der Waals surface area contributed by atoms with Crippen LogP contribution in [-0.4, -0.2) is 17.2 Å². The van der Waals surface area contributed by atoms with E-state index in [1.54, 1.807) is 30.3 Å². The summed E-state index contributed by atoms with van der Waals surface area (Å²) in [5.41, 5.74) is 0.421. The first-order chi connectivity index (χ1) is 9.50. The molecule has 0 amide bonds. The number of ether oxygens (including phenoxy) is 1. The summed E-state index contributed by atoms with van der Waals surface area (Å²) in [6.45, 7) is 3.75. The molecule has 0 spiro atoms. The molecule has 0 bridgehead atoms. The van der Waals surface area contributed by atoms with E-state index in [2.05, 4.69) is 0 Å². The Labute approximate surface area is 116 Å². The standard InChI is InChI=1S/C16H15FO3/c1-10(2)20-14-9-4-3-6-11(14)12-7-5-8-13(15(12)17)16(18)19/h3-10H,1-2H3,(H,18,19). The van der Waals surface area contributed by atoms with Crippen molar-refractivity contribution in [1.29, 1.82) is 0 Å². The number of carbonyl (C=O) groups is 1. The predicted molar refractivity (Wildman–Crippen MR) is 74.6 cm³/mol. The molecule has 1 N–H and O–H groups in total. The first-order valence-corrected chi connectivity index (χ1v) is 6.28. The lowest BCUT2D eigenvalue weighted by Gasteiger charge is -2.15. The van der Waals surface area contributed by atoms with Crippen molar-refractivity contribution < 1.29 is 19.0 Å². The summed E-state index contributed by atoms with van der Waals surface area (Å²) in [6.07, 6.45) is -0.0538. The third-order valence-electron chi connectivity index (χ3n) is 2.77. The first-order valence-electron chi connectivity index (χ1n) is 6.28. The Morgan fingerprint density at radius 1 is 1.10 bits per heavy atom. The molecular weight excluding hydrogens is 259 g/mol. The van der Waals surface area contributed by atoms with E-state index in [4.69, 9.17) is 9.84 Å².